The van der Waals surface area contributed by atoms with Crippen LogP contribution in [-0.2, 0) is 17.2 Å². The number of anilines is 1. The fraction of sp³-hybridized carbons (Fsp3) is 0.308. The van der Waals surface area contributed by atoms with Crippen molar-refractivity contribution in [2.75, 3.05) is 25.6 Å². The van der Waals surface area contributed by atoms with E-state index in [1.165, 1.54) is 0 Å². The van der Waals surface area contributed by atoms with Gasteiger partial charge in [-0.2, -0.15) is 0 Å². The number of rotatable bonds is 8. The highest BCUT2D eigenvalue weighted by Crippen LogP contribution is 2.38. The van der Waals surface area contributed by atoms with Gasteiger partial charge in [-0.05, 0) is 61.7 Å². The second-order valence-electron chi connectivity index (χ2n) is 8.39. The molecule has 0 fully saturated rings. The number of hydrogen-bond donors (Lipinski definition) is 2. The summed E-state index contributed by atoms with van der Waals surface area (Å²) in [5, 5.41) is 11.5. The van der Waals surface area contributed by atoms with Gasteiger partial charge in [-0.3, -0.25) is 9.78 Å². The maximum atomic E-state index is 12.2. The third-order valence-electron chi connectivity index (χ3n) is 6.16. The van der Waals surface area contributed by atoms with Gasteiger partial charge >= 0.3 is 0 Å². The number of nitrogens with two attached hydrogens (primary N) is 1. The highest BCUT2D eigenvalue weighted by molar-refractivity contribution is 5.88. The summed E-state index contributed by atoms with van der Waals surface area (Å²) < 4.78 is 7.23. The quantitative estimate of drug-likeness (QED) is 0.389. The van der Waals surface area contributed by atoms with E-state index in [1.54, 1.807) is 24.7 Å². The van der Waals surface area contributed by atoms with Crippen LogP contribution in [0.4, 0.5) is 5.95 Å². The normalized spacial score (nSPS) is 13.2. The molecule has 0 saturated carbocycles. The highest BCUT2D eigenvalue weighted by Gasteiger charge is 2.38. The molecule has 176 valence electrons. The molecule has 1 atom stereocenters. The van der Waals surface area contributed by atoms with E-state index in [9.17, 15) is 9.90 Å². The van der Waals surface area contributed by atoms with Gasteiger partial charge in [0.15, 0.2) is 0 Å². The molecule has 0 spiro atoms. The lowest BCUT2D eigenvalue weighted by Gasteiger charge is -2.32. The Morgan fingerprint density at radius 3 is 2.65 bits per heavy atom. The van der Waals surface area contributed by atoms with E-state index in [0.717, 1.165) is 16.5 Å². The van der Waals surface area contributed by atoms with Gasteiger partial charge in [0, 0.05) is 43.6 Å². The predicted molar refractivity (Wildman–Crippen MR) is 133 cm³/mol. The van der Waals surface area contributed by atoms with E-state index in [-0.39, 0.29) is 18.1 Å². The Balaban J connectivity index is 1.98. The van der Waals surface area contributed by atoms with Crippen molar-refractivity contribution in [1.29, 1.82) is 0 Å². The first-order valence-corrected chi connectivity index (χ1v) is 11.2. The number of nitrogen functional groups attached to an aromatic ring is 1. The van der Waals surface area contributed by atoms with Gasteiger partial charge in [0.1, 0.15) is 0 Å². The summed E-state index contributed by atoms with van der Waals surface area (Å²) in [7, 11) is 1.74. The van der Waals surface area contributed by atoms with Crippen molar-refractivity contribution >= 4 is 16.9 Å². The molecule has 0 saturated heterocycles. The van der Waals surface area contributed by atoms with Crippen LogP contribution in [0.1, 0.15) is 30.3 Å². The van der Waals surface area contributed by atoms with Crippen LogP contribution in [-0.4, -0.2) is 44.4 Å². The van der Waals surface area contributed by atoms with Crippen molar-refractivity contribution in [2.45, 2.75) is 25.7 Å². The monoisotopic (exact) mass is 459 g/mol. The van der Waals surface area contributed by atoms with Crippen LogP contribution < -0.4 is 11.3 Å². The van der Waals surface area contributed by atoms with Crippen LogP contribution in [0.15, 0.2) is 59.7 Å². The molecule has 0 bridgehead atoms. The highest BCUT2D eigenvalue weighted by atomic mass is 16.5. The zero-order chi connectivity index (χ0) is 24.3. The van der Waals surface area contributed by atoms with Gasteiger partial charge in [-0.15, -0.1) is 0 Å². The number of benzene rings is 1. The first-order valence-electron chi connectivity index (χ1n) is 11.2. The molecule has 0 aliphatic rings. The first kappa shape index (κ1) is 23.5. The largest absolute Gasteiger partial charge is 0.395 e. The summed E-state index contributed by atoms with van der Waals surface area (Å²) in [5.74, 6) is 0.123. The molecule has 0 amide bonds. The molecule has 0 radical (unpaired) electrons. The molecule has 1 aromatic carbocycles. The van der Waals surface area contributed by atoms with Crippen LogP contribution in [0.5, 0.6) is 0 Å². The summed E-state index contributed by atoms with van der Waals surface area (Å²) in [6.45, 7) is 4.48. The minimum absolute atomic E-state index is 0.0355. The topological polar surface area (TPSA) is 116 Å². The number of aliphatic hydroxyl groups is 1. The van der Waals surface area contributed by atoms with Gasteiger partial charge in [0.2, 0.25) is 5.95 Å². The van der Waals surface area contributed by atoms with Crippen LogP contribution in [0.25, 0.3) is 22.0 Å². The van der Waals surface area contributed by atoms with Gasteiger partial charge in [-0.25, -0.2) is 9.97 Å². The lowest BCUT2D eigenvalue weighted by Crippen LogP contribution is -2.36. The van der Waals surface area contributed by atoms with Crippen molar-refractivity contribution in [3.63, 3.8) is 0 Å². The second-order valence-corrected chi connectivity index (χ2v) is 8.39. The van der Waals surface area contributed by atoms with Crippen LogP contribution in [0, 0.1) is 6.92 Å². The van der Waals surface area contributed by atoms with Crippen LogP contribution in [0.2, 0.25) is 0 Å². The van der Waals surface area contributed by atoms with Gasteiger partial charge in [0.05, 0.1) is 28.9 Å². The fourth-order valence-electron chi connectivity index (χ4n) is 4.37. The fourth-order valence-corrected chi connectivity index (χ4v) is 4.37. The summed E-state index contributed by atoms with van der Waals surface area (Å²) in [6.07, 6.45) is 3.97. The third-order valence-corrected chi connectivity index (χ3v) is 6.16. The number of aliphatic hydroxyl groups excluding tert-OH is 1. The van der Waals surface area contributed by atoms with E-state index in [1.807, 2.05) is 55.6 Å². The summed E-state index contributed by atoms with van der Waals surface area (Å²) in [5.41, 5.74) is 9.54. The molecule has 3 N–H and O–H groups in total. The summed E-state index contributed by atoms with van der Waals surface area (Å²) in [6, 6.07) is 13.3. The van der Waals surface area contributed by atoms with E-state index in [0.29, 0.717) is 42.1 Å². The molecule has 1 unspecified atom stereocenters. The molecule has 34 heavy (non-hydrogen) atoms. The van der Waals surface area contributed by atoms with Gasteiger partial charge < -0.3 is 20.1 Å². The molecule has 3 aromatic heterocycles. The molecule has 0 aliphatic carbocycles. The predicted octanol–water partition coefficient (Wildman–Crippen LogP) is 2.99. The Hall–Kier alpha value is -3.62. The minimum Gasteiger partial charge on any atom is -0.395 e. The third kappa shape index (κ3) is 4.30. The maximum Gasteiger partial charge on any atom is 0.253 e. The number of hydrogen-bond acceptors (Lipinski definition) is 7. The smallest absolute Gasteiger partial charge is 0.253 e. The number of fused-ring (bicyclic) bond motifs is 1. The van der Waals surface area contributed by atoms with Crippen LogP contribution in [0.3, 0.4) is 0 Å². The Morgan fingerprint density at radius 1 is 1.15 bits per heavy atom. The number of nitrogens with zero attached hydrogens (tertiary/aromatic N) is 4. The lowest BCUT2D eigenvalue weighted by atomic mass is 9.76. The SMILES string of the molecule is CCOCCC(CO)(c1ccccn1)c1nc(N)nc2ccc(-c3cc(C)c(=O)n(C)c3)cc12. The average Bonchev–Trinajstić information content (AvgIpc) is 2.85. The second kappa shape index (κ2) is 9.70. The summed E-state index contributed by atoms with van der Waals surface area (Å²) in [4.78, 5) is 25.8. The molecule has 4 aromatic rings. The Kier molecular flexibility index (Phi) is 6.72. The van der Waals surface area contributed by atoms with E-state index < -0.39 is 5.41 Å². The number of aromatic nitrogens is 4. The lowest BCUT2D eigenvalue weighted by molar-refractivity contribution is 0.111. The first-order chi connectivity index (χ1) is 16.4. The molecule has 3 heterocycles. The van der Waals surface area contributed by atoms with Crippen LogP contribution >= 0.6 is 0 Å². The molecule has 4 rings (SSSR count). The average molecular weight is 460 g/mol. The van der Waals surface area contributed by atoms with Crippen molar-refractivity contribution in [3.8, 4) is 11.1 Å². The minimum atomic E-state index is -0.941. The Morgan fingerprint density at radius 2 is 1.97 bits per heavy atom. The van der Waals surface area contributed by atoms with E-state index in [4.69, 9.17) is 10.5 Å². The van der Waals surface area contributed by atoms with Gasteiger partial charge in [-0.1, -0.05) is 12.1 Å². The summed E-state index contributed by atoms with van der Waals surface area (Å²) >= 11 is 0. The number of aryl methyl sites for hydroxylation is 2. The number of pyridine rings is 2. The molecular weight excluding hydrogens is 430 g/mol. The maximum absolute atomic E-state index is 12.2. The zero-order valence-electron chi connectivity index (χ0n) is 19.7. The standard InChI is InChI=1S/C26H29N5O3/c1-4-34-12-10-26(16-32,22-7-5-6-11-28-22)23-20-14-18(8-9-21(20)29-25(27)30-23)19-13-17(2)24(33)31(3)15-19/h5-9,11,13-15,32H,4,10,12,16H2,1-3H3,(H2,27,29,30). The van der Waals surface area contributed by atoms with Crippen molar-refractivity contribution in [2.24, 2.45) is 7.05 Å². The van der Waals surface area contributed by atoms with E-state index in [2.05, 4.69) is 15.0 Å². The van der Waals surface area contributed by atoms with Gasteiger partial charge in [0.25, 0.3) is 5.56 Å². The zero-order valence-corrected chi connectivity index (χ0v) is 19.7. The Labute approximate surface area is 198 Å². The van der Waals surface area contributed by atoms with E-state index >= 15 is 0 Å². The van der Waals surface area contributed by atoms with Crippen molar-refractivity contribution < 1.29 is 9.84 Å². The van der Waals surface area contributed by atoms with Crippen molar-refractivity contribution in [3.05, 3.63) is 82.2 Å². The Bertz CT molecular complexity index is 1340. The molecule has 0 aliphatic heterocycles. The molecule has 8 nitrogen and oxygen atoms in total. The molecular formula is C26H29N5O3. The number of ether oxygens (including phenoxy) is 1. The van der Waals surface area contributed by atoms with Crippen molar-refractivity contribution in [1.82, 2.24) is 19.5 Å². The molecule has 8 heteroatoms.